The van der Waals surface area contributed by atoms with Gasteiger partial charge >= 0.3 is 0 Å². The normalized spacial score (nSPS) is 19.2. The van der Waals surface area contributed by atoms with Crippen LogP contribution in [0.2, 0.25) is 0 Å². The lowest BCUT2D eigenvalue weighted by molar-refractivity contribution is -0.141. The van der Waals surface area contributed by atoms with Crippen molar-refractivity contribution in [3.63, 3.8) is 0 Å². The molecule has 0 aromatic heterocycles. The fourth-order valence-corrected chi connectivity index (χ4v) is 3.82. The molecule has 6 heteroatoms. The molecule has 3 rings (SSSR count). The van der Waals surface area contributed by atoms with Crippen molar-refractivity contribution in [2.24, 2.45) is 5.92 Å². The number of carbonyl (C=O) groups excluding carboxylic acids is 2. The summed E-state index contributed by atoms with van der Waals surface area (Å²) in [4.78, 5) is 30.4. The second kappa shape index (κ2) is 9.22. The SMILES string of the molecule is CC(=O)N1CCC(C(=O)N2CCN(CCOc3ccc(C)cc3)CC2)CC1. The Hall–Kier alpha value is -2.08. The quantitative estimate of drug-likeness (QED) is 0.790. The van der Waals surface area contributed by atoms with Gasteiger partial charge in [0.2, 0.25) is 11.8 Å². The predicted octanol–water partition coefficient (Wildman–Crippen LogP) is 1.78. The maximum absolute atomic E-state index is 12.7. The maximum atomic E-state index is 12.7. The first kappa shape index (κ1) is 19.7. The van der Waals surface area contributed by atoms with Crippen molar-refractivity contribution in [3.8, 4) is 5.75 Å². The molecule has 0 radical (unpaired) electrons. The molecule has 2 aliphatic heterocycles. The zero-order valence-electron chi connectivity index (χ0n) is 16.5. The highest BCUT2D eigenvalue weighted by Crippen LogP contribution is 2.20. The van der Waals surface area contributed by atoms with Crippen molar-refractivity contribution < 1.29 is 14.3 Å². The van der Waals surface area contributed by atoms with Crippen LogP contribution in [-0.4, -0.2) is 78.9 Å². The second-order valence-electron chi connectivity index (χ2n) is 7.61. The highest BCUT2D eigenvalue weighted by atomic mass is 16.5. The van der Waals surface area contributed by atoms with Gasteiger partial charge in [-0.05, 0) is 31.9 Å². The van der Waals surface area contributed by atoms with Crippen molar-refractivity contribution in [2.45, 2.75) is 26.7 Å². The number of piperazine rings is 1. The molecule has 0 atom stereocenters. The van der Waals surface area contributed by atoms with E-state index < -0.39 is 0 Å². The fraction of sp³-hybridized carbons (Fsp3) is 0.619. The van der Waals surface area contributed by atoms with Gasteiger partial charge in [-0.1, -0.05) is 17.7 Å². The summed E-state index contributed by atoms with van der Waals surface area (Å²) in [5.41, 5.74) is 1.23. The Labute approximate surface area is 162 Å². The number of amides is 2. The summed E-state index contributed by atoms with van der Waals surface area (Å²) in [5, 5.41) is 0. The summed E-state index contributed by atoms with van der Waals surface area (Å²) in [6.45, 7) is 10.0. The van der Waals surface area contributed by atoms with E-state index in [-0.39, 0.29) is 17.7 Å². The van der Waals surface area contributed by atoms with Crippen LogP contribution in [0.3, 0.4) is 0 Å². The molecule has 6 nitrogen and oxygen atoms in total. The lowest BCUT2D eigenvalue weighted by Gasteiger charge is -2.38. The van der Waals surface area contributed by atoms with Crippen LogP contribution < -0.4 is 4.74 Å². The molecule has 148 valence electrons. The van der Waals surface area contributed by atoms with E-state index in [4.69, 9.17) is 4.74 Å². The minimum atomic E-state index is 0.0806. The van der Waals surface area contributed by atoms with Crippen molar-refractivity contribution in [1.29, 1.82) is 0 Å². The summed E-state index contributed by atoms with van der Waals surface area (Å²) >= 11 is 0. The molecule has 0 aliphatic carbocycles. The number of benzene rings is 1. The first-order valence-corrected chi connectivity index (χ1v) is 9.99. The van der Waals surface area contributed by atoms with Crippen LogP contribution in [0.1, 0.15) is 25.3 Å². The van der Waals surface area contributed by atoms with E-state index in [0.29, 0.717) is 19.7 Å². The Bertz CT molecular complexity index is 631. The van der Waals surface area contributed by atoms with Gasteiger partial charge in [0.05, 0.1) is 0 Å². The number of aryl methyl sites for hydroxylation is 1. The molecule has 2 heterocycles. The summed E-state index contributed by atoms with van der Waals surface area (Å²) in [6, 6.07) is 8.12. The minimum Gasteiger partial charge on any atom is -0.492 e. The van der Waals surface area contributed by atoms with E-state index in [1.807, 2.05) is 21.9 Å². The van der Waals surface area contributed by atoms with Crippen molar-refractivity contribution in [3.05, 3.63) is 29.8 Å². The van der Waals surface area contributed by atoms with Gasteiger partial charge in [0, 0.05) is 58.7 Å². The molecule has 0 spiro atoms. The highest BCUT2D eigenvalue weighted by Gasteiger charge is 2.30. The second-order valence-corrected chi connectivity index (χ2v) is 7.61. The monoisotopic (exact) mass is 373 g/mol. The third-order valence-electron chi connectivity index (χ3n) is 5.67. The number of carbonyl (C=O) groups is 2. The fourth-order valence-electron chi connectivity index (χ4n) is 3.82. The Morgan fingerprint density at radius 3 is 2.19 bits per heavy atom. The third-order valence-corrected chi connectivity index (χ3v) is 5.67. The number of piperidine rings is 1. The lowest BCUT2D eigenvalue weighted by Crippen LogP contribution is -2.52. The molecule has 2 saturated heterocycles. The number of rotatable bonds is 5. The van der Waals surface area contributed by atoms with E-state index >= 15 is 0 Å². The van der Waals surface area contributed by atoms with Gasteiger partial charge in [-0.25, -0.2) is 0 Å². The largest absolute Gasteiger partial charge is 0.492 e. The standard InChI is InChI=1S/C21H31N3O3/c1-17-3-5-20(6-4-17)27-16-15-22-11-13-24(14-12-22)21(26)19-7-9-23(10-8-19)18(2)25/h3-6,19H,7-16H2,1-2H3. The van der Waals surface area contributed by atoms with Gasteiger partial charge in [-0.15, -0.1) is 0 Å². The summed E-state index contributed by atoms with van der Waals surface area (Å²) < 4.78 is 5.81. The van der Waals surface area contributed by atoms with Crippen LogP contribution in [-0.2, 0) is 9.59 Å². The number of likely N-dealkylation sites (tertiary alicyclic amines) is 1. The molecular weight excluding hydrogens is 342 g/mol. The minimum absolute atomic E-state index is 0.0806. The third kappa shape index (κ3) is 5.45. The van der Waals surface area contributed by atoms with Gasteiger partial charge in [0.15, 0.2) is 0 Å². The smallest absolute Gasteiger partial charge is 0.225 e. The van der Waals surface area contributed by atoms with Crippen LogP contribution in [0.5, 0.6) is 5.75 Å². The lowest BCUT2D eigenvalue weighted by atomic mass is 9.95. The molecule has 1 aromatic rings. The van der Waals surface area contributed by atoms with E-state index in [1.54, 1.807) is 6.92 Å². The zero-order chi connectivity index (χ0) is 19.2. The molecule has 2 fully saturated rings. The molecule has 27 heavy (non-hydrogen) atoms. The number of hydrogen-bond donors (Lipinski definition) is 0. The van der Waals surface area contributed by atoms with Crippen molar-refractivity contribution >= 4 is 11.8 Å². The Balaban J connectivity index is 1.35. The van der Waals surface area contributed by atoms with Gasteiger partial charge in [0.25, 0.3) is 0 Å². The molecular formula is C21H31N3O3. The average molecular weight is 373 g/mol. The summed E-state index contributed by atoms with van der Waals surface area (Å²) in [7, 11) is 0. The Morgan fingerprint density at radius 2 is 1.59 bits per heavy atom. The molecule has 0 unspecified atom stereocenters. The highest BCUT2D eigenvalue weighted by molar-refractivity contribution is 5.80. The molecule has 0 bridgehead atoms. The maximum Gasteiger partial charge on any atom is 0.225 e. The number of nitrogens with zero attached hydrogens (tertiary/aromatic N) is 3. The summed E-state index contributed by atoms with van der Waals surface area (Å²) in [6.07, 6.45) is 1.59. The average Bonchev–Trinajstić information content (AvgIpc) is 2.69. The molecule has 0 N–H and O–H groups in total. The van der Waals surface area contributed by atoms with Gasteiger partial charge in [-0.3, -0.25) is 14.5 Å². The molecule has 2 aliphatic rings. The van der Waals surface area contributed by atoms with Gasteiger partial charge < -0.3 is 14.5 Å². The summed E-state index contributed by atoms with van der Waals surface area (Å²) in [5.74, 6) is 1.37. The van der Waals surface area contributed by atoms with Crippen LogP contribution in [0.15, 0.2) is 24.3 Å². The number of hydrogen-bond acceptors (Lipinski definition) is 4. The van der Waals surface area contributed by atoms with Crippen LogP contribution >= 0.6 is 0 Å². The van der Waals surface area contributed by atoms with Crippen LogP contribution in [0.25, 0.3) is 0 Å². The topological polar surface area (TPSA) is 53.1 Å². The van der Waals surface area contributed by atoms with Crippen LogP contribution in [0.4, 0.5) is 0 Å². The van der Waals surface area contributed by atoms with Gasteiger partial charge in [0.1, 0.15) is 12.4 Å². The van der Waals surface area contributed by atoms with Crippen LogP contribution in [0, 0.1) is 12.8 Å². The van der Waals surface area contributed by atoms with E-state index in [0.717, 1.165) is 51.3 Å². The van der Waals surface area contributed by atoms with E-state index in [2.05, 4.69) is 24.0 Å². The Morgan fingerprint density at radius 1 is 0.963 bits per heavy atom. The zero-order valence-corrected chi connectivity index (χ0v) is 16.5. The van der Waals surface area contributed by atoms with Crippen molar-refractivity contribution in [1.82, 2.24) is 14.7 Å². The number of ether oxygens (including phenoxy) is 1. The molecule has 1 aromatic carbocycles. The van der Waals surface area contributed by atoms with E-state index in [1.165, 1.54) is 5.56 Å². The first-order valence-electron chi connectivity index (χ1n) is 9.99. The van der Waals surface area contributed by atoms with Crippen molar-refractivity contribution in [2.75, 3.05) is 52.4 Å². The molecule has 2 amide bonds. The first-order chi connectivity index (χ1) is 13.0. The van der Waals surface area contributed by atoms with Gasteiger partial charge in [-0.2, -0.15) is 0 Å². The van der Waals surface area contributed by atoms with E-state index in [9.17, 15) is 9.59 Å². The molecule has 0 saturated carbocycles. The Kier molecular flexibility index (Phi) is 6.72. The predicted molar refractivity (Wildman–Crippen MR) is 105 cm³/mol.